The Hall–Kier alpha value is -2.43. The van der Waals surface area contributed by atoms with Crippen LogP contribution in [0.25, 0.3) is 10.9 Å². The number of nitrogens with one attached hydrogen (secondary N) is 1. The van der Waals surface area contributed by atoms with Crippen molar-refractivity contribution in [3.63, 3.8) is 0 Å². The third-order valence-corrected chi connectivity index (χ3v) is 4.65. The van der Waals surface area contributed by atoms with Crippen molar-refractivity contribution in [1.29, 1.82) is 0 Å². The highest BCUT2D eigenvalue weighted by atomic mass is 16.2. The summed E-state index contributed by atoms with van der Waals surface area (Å²) in [6.07, 6.45) is 0.976. The van der Waals surface area contributed by atoms with E-state index >= 15 is 0 Å². The Morgan fingerprint density at radius 2 is 1.81 bits per heavy atom. The summed E-state index contributed by atoms with van der Waals surface area (Å²) in [5.74, 6) is -1.09. The largest absolute Gasteiger partial charge is 0.296 e. The second kappa shape index (κ2) is 4.04. The Kier molecular flexibility index (Phi) is 2.37. The van der Waals surface area contributed by atoms with Crippen molar-refractivity contribution >= 4 is 28.6 Å². The number of aromatic nitrogens is 1. The van der Waals surface area contributed by atoms with Gasteiger partial charge in [0.25, 0.3) is 0 Å². The number of hydrogen-bond acceptors (Lipinski definition) is 3. The van der Waals surface area contributed by atoms with Crippen LogP contribution < -0.4 is 5.32 Å². The zero-order valence-corrected chi connectivity index (χ0v) is 11.6. The highest BCUT2D eigenvalue weighted by molar-refractivity contribution is 6.06. The van der Waals surface area contributed by atoms with Crippen LogP contribution in [0.15, 0.2) is 24.3 Å². The normalized spacial score (nSPS) is 23.9. The molecule has 106 valence electrons. The molecule has 1 aromatic carbocycles. The van der Waals surface area contributed by atoms with Gasteiger partial charge in [-0.1, -0.05) is 18.2 Å². The summed E-state index contributed by atoms with van der Waals surface area (Å²) in [4.78, 5) is 35.8. The summed E-state index contributed by atoms with van der Waals surface area (Å²) < 4.78 is 1.69. The minimum atomic E-state index is -0.340. The van der Waals surface area contributed by atoms with Gasteiger partial charge in [-0.15, -0.1) is 0 Å². The van der Waals surface area contributed by atoms with E-state index in [1.165, 1.54) is 6.92 Å². The molecule has 1 fully saturated rings. The first kappa shape index (κ1) is 12.3. The van der Waals surface area contributed by atoms with Crippen LogP contribution in [0.1, 0.15) is 23.0 Å². The van der Waals surface area contributed by atoms with Crippen molar-refractivity contribution in [1.82, 2.24) is 9.88 Å². The monoisotopic (exact) mass is 282 g/mol. The molecule has 0 spiro atoms. The van der Waals surface area contributed by atoms with Crippen LogP contribution in [0.5, 0.6) is 0 Å². The fraction of sp³-hybridized carbons (Fsp3) is 0.312. The van der Waals surface area contributed by atoms with Gasteiger partial charge in [-0.2, -0.15) is 0 Å². The molecule has 4 rings (SSSR count). The Bertz CT molecular complexity index is 818. The van der Waals surface area contributed by atoms with Crippen molar-refractivity contribution in [3.8, 4) is 0 Å². The minimum absolute atomic E-state index is 0.0596. The number of imide groups is 1. The van der Waals surface area contributed by atoms with Crippen molar-refractivity contribution < 1.29 is 14.4 Å². The number of carbonyl (C=O) groups excluding carboxylic acids is 3. The van der Waals surface area contributed by atoms with Gasteiger partial charge in [0.05, 0.1) is 17.4 Å². The molecule has 1 N–H and O–H groups in total. The van der Waals surface area contributed by atoms with Crippen LogP contribution in [0.2, 0.25) is 0 Å². The average molecular weight is 282 g/mol. The van der Waals surface area contributed by atoms with Crippen molar-refractivity contribution in [2.24, 2.45) is 11.8 Å². The maximum absolute atomic E-state index is 12.0. The summed E-state index contributed by atoms with van der Waals surface area (Å²) >= 11 is 0. The predicted molar refractivity (Wildman–Crippen MR) is 75.8 cm³/mol. The maximum Gasteiger partial charge on any atom is 0.230 e. The van der Waals surface area contributed by atoms with E-state index in [-0.39, 0.29) is 29.6 Å². The van der Waals surface area contributed by atoms with Crippen LogP contribution in [-0.2, 0) is 22.4 Å². The molecule has 5 heteroatoms. The van der Waals surface area contributed by atoms with Crippen LogP contribution in [0.3, 0.4) is 0 Å². The van der Waals surface area contributed by atoms with E-state index in [4.69, 9.17) is 0 Å². The topological polar surface area (TPSA) is 68.2 Å². The molecule has 0 radical (unpaired) electrons. The molecule has 1 aliphatic carbocycles. The van der Waals surface area contributed by atoms with E-state index in [2.05, 4.69) is 5.32 Å². The van der Waals surface area contributed by atoms with E-state index < -0.39 is 0 Å². The minimum Gasteiger partial charge on any atom is -0.296 e. The fourth-order valence-electron chi connectivity index (χ4n) is 3.73. The molecular weight excluding hydrogens is 268 g/mol. The van der Waals surface area contributed by atoms with Gasteiger partial charge < -0.3 is 0 Å². The van der Waals surface area contributed by atoms with Crippen LogP contribution in [-0.4, -0.2) is 22.3 Å². The first-order valence-electron chi connectivity index (χ1n) is 7.04. The van der Waals surface area contributed by atoms with Gasteiger partial charge in [0.1, 0.15) is 0 Å². The summed E-state index contributed by atoms with van der Waals surface area (Å²) in [6, 6.07) is 7.71. The lowest BCUT2D eigenvalue weighted by molar-refractivity contribution is -0.126. The number of fused-ring (bicyclic) bond motifs is 4. The van der Waals surface area contributed by atoms with Crippen LogP contribution in [0.4, 0.5) is 0 Å². The molecule has 2 atom stereocenters. The molecule has 1 saturated heterocycles. The number of benzene rings is 1. The van der Waals surface area contributed by atoms with Crippen LogP contribution in [0, 0.1) is 11.8 Å². The third-order valence-electron chi connectivity index (χ3n) is 4.65. The van der Waals surface area contributed by atoms with E-state index in [9.17, 15) is 14.4 Å². The second-order valence-electron chi connectivity index (χ2n) is 5.77. The zero-order valence-electron chi connectivity index (χ0n) is 11.6. The molecule has 0 saturated carbocycles. The molecular formula is C16H14N2O3. The lowest BCUT2D eigenvalue weighted by Gasteiger charge is -2.23. The first-order chi connectivity index (χ1) is 10.1. The number of carbonyl (C=O) groups is 3. The Labute approximate surface area is 120 Å². The SMILES string of the molecule is CC(=O)n1c2c(c3ccccc31)C[C@H]1C(=O)NC(=O)[C@@H]1C2. The highest BCUT2D eigenvalue weighted by Gasteiger charge is 2.46. The number of para-hydroxylation sites is 1. The fourth-order valence-corrected chi connectivity index (χ4v) is 3.73. The summed E-state index contributed by atoms with van der Waals surface area (Å²) in [6.45, 7) is 1.53. The summed E-state index contributed by atoms with van der Waals surface area (Å²) in [7, 11) is 0. The highest BCUT2D eigenvalue weighted by Crippen LogP contribution is 2.39. The smallest absolute Gasteiger partial charge is 0.230 e. The summed E-state index contributed by atoms with van der Waals surface area (Å²) in [5, 5.41) is 3.42. The summed E-state index contributed by atoms with van der Waals surface area (Å²) in [5.41, 5.74) is 2.78. The molecule has 0 bridgehead atoms. The number of nitrogens with zero attached hydrogens (tertiary/aromatic N) is 1. The molecule has 2 heterocycles. The van der Waals surface area contributed by atoms with Gasteiger partial charge in [0.2, 0.25) is 17.7 Å². The molecule has 2 amide bonds. The van der Waals surface area contributed by atoms with E-state index in [0.29, 0.717) is 12.8 Å². The predicted octanol–water partition coefficient (Wildman–Crippen LogP) is 1.29. The zero-order chi connectivity index (χ0) is 14.7. The number of amides is 2. The molecule has 0 unspecified atom stereocenters. The standard InChI is InChI=1S/C16H14N2O3/c1-8(19)18-13-5-3-2-4-9(13)10-6-11-12(7-14(10)18)16(21)17-15(11)20/h2-5,11-12H,6-7H2,1H3,(H,17,20,21)/t11-,12-/m1/s1. The molecule has 21 heavy (non-hydrogen) atoms. The van der Waals surface area contributed by atoms with Crippen molar-refractivity contribution in [2.45, 2.75) is 19.8 Å². The van der Waals surface area contributed by atoms with E-state index in [1.807, 2.05) is 24.3 Å². The van der Waals surface area contributed by atoms with Gasteiger partial charge in [0.15, 0.2) is 0 Å². The van der Waals surface area contributed by atoms with Crippen LogP contribution >= 0.6 is 0 Å². The Morgan fingerprint density at radius 1 is 1.14 bits per heavy atom. The maximum atomic E-state index is 12.0. The van der Waals surface area contributed by atoms with Gasteiger partial charge in [0, 0.05) is 24.4 Å². The number of rotatable bonds is 0. The Balaban J connectivity index is 1.98. The second-order valence-corrected chi connectivity index (χ2v) is 5.77. The van der Waals surface area contributed by atoms with E-state index in [1.54, 1.807) is 4.57 Å². The first-order valence-corrected chi connectivity index (χ1v) is 7.04. The lowest BCUT2D eigenvalue weighted by atomic mass is 9.79. The lowest BCUT2D eigenvalue weighted by Crippen LogP contribution is -2.29. The number of hydrogen-bond donors (Lipinski definition) is 1. The van der Waals surface area contributed by atoms with Crippen molar-refractivity contribution in [3.05, 3.63) is 35.5 Å². The van der Waals surface area contributed by atoms with E-state index in [0.717, 1.165) is 22.2 Å². The Morgan fingerprint density at radius 3 is 2.52 bits per heavy atom. The molecule has 2 aliphatic rings. The molecule has 2 aromatic rings. The third kappa shape index (κ3) is 1.54. The van der Waals surface area contributed by atoms with Crippen molar-refractivity contribution in [2.75, 3.05) is 0 Å². The molecule has 1 aliphatic heterocycles. The molecule has 1 aromatic heterocycles. The van der Waals surface area contributed by atoms with Gasteiger partial charge in [-0.3, -0.25) is 24.3 Å². The van der Waals surface area contributed by atoms with Gasteiger partial charge in [-0.05, 0) is 18.1 Å². The van der Waals surface area contributed by atoms with Gasteiger partial charge >= 0.3 is 0 Å². The van der Waals surface area contributed by atoms with Gasteiger partial charge in [-0.25, -0.2) is 0 Å². The molecule has 5 nitrogen and oxygen atoms in total. The quantitative estimate of drug-likeness (QED) is 0.740. The average Bonchev–Trinajstić information content (AvgIpc) is 2.92.